The summed E-state index contributed by atoms with van der Waals surface area (Å²) in [5, 5.41) is 7.61. The summed E-state index contributed by atoms with van der Waals surface area (Å²) in [6.45, 7) is 12.8. The lowest BCUT2D eigenvalue weighted by molar-refractivity contribution is -0.182. The van der Waals surface area contributed by atoms with E-state index in [1.165, 1.54) is 88.4 Å². The van der Waals surface area contributed by atoms with Gasteiger partial charge in [0, 0.05) is 73.8 Å². The van der Waals surface area contributed by atoms with Gasteiger partial charge in [0.1, 0.15) is 59.9 Å². The number of carbonyl (C=O) groups excluding carboxylic acids is 12. The molecule has 3 aliphatic carbocycles. The molecular formula is C72H116ClF3N12O12. The van der Waals surface area contributed by atoms with Crippen LogP contribution in [0.15, 0.2) is 0 Å². The van der Waals surface area contributed by atoms with Crippen LogP contribution in [0.4, 0.5) is 13.2 Å². The maximum absolute atomic E-state index is 15.5. The molecule has 0 aromatic heterocycles. The topological polar surface area (TPSA) is 270 Å². The van der Waals surface area contributed by atoms with Crippen LogP contribution in [0.2, 0.25) is 0 Å². The third-order valence-corrected chi connectivity index (χ3v) is 23.8. The van der Waals surface area contributed by atoms with E-state index in [-0.39, 0.29) is 101 Å². The number of alkyl halides is 4. The van der Waals surface area contributed by atoms with Gasteiger partial charge in [-0.1, -0.05) is 92.9 Å². The minimum absolute atomic E-state index is 0.00104. The number of nitrogens with one attached hydrogen (secondary N) is 3. The number of likely N-dealkylation sites (tertiary alicyclic amines) is 1. The maximum Gasteiger partial charge on any atom is 0.393 e. The van der Waals surface area contributed by atoms with Gasteiger partial charge in [-0.2, -0.15) is 13.2 Å². The number of hydrogen-bond acceptors (Lipinski definition) is 12. The summed E-state index contributed by atoms with van der Waals surface area (Å²) < 4.78 is 42.0. The SMILES string of the molecule is CC[C@H](C)[C@@H]1NC(=O)[C@H](CC(C)C)N(C)C(=O)C[C@H](C(=O)N2CCCCC2)N(C)C(=O)[C@H](C(C)C)N(C)C(=O)C2(CCCC2)NC(=O)[C@@H]2CCCN2C(=O)[C@H](CCC2CCC(C(F)(F)F)C(Cl)C2)NC(=O)CN(C)C(=O)[C@H](CC2CCCCC2)N(C)C(=O)[C@@H]2CCN2C(=O)[C@H](C)N(C)C1=O. The number of fused-ring (bicyclic) bond motifs is 2. The molecule has 3 N–H and O–H groups in total. The molecule has 3 unspecified atom stereocenters. The highest BCUT2D eigenvalue weighted by Gasteiger charge is 2.52. The lowest BCUT2D eigenvalue weighted by atomic mass is 9.78. The monoisotopic (exact) mass is 1430 g/mol. The van der Waals surface area contributed by atoms with Crippen LogP contribution in [-0.4, -0.2) is 261 Å². The summed E-state index contributed by atoms with van der Waals surface area (Å²) in [5.74, 6) is -10.7. The van der Waals surface area contributed by atoms with Crippen LogP contribution >= 0.6 is 11.6 Å². The Kier molecular flexibility index (Phi) is 28.6. The Bertz CT molecular complexity index is 2940. The Labute approximate surface area is 595 Å². The van der Waals surface area contributed by atoms with E-state index in [2.05, 4.69) is 16.0 Å². The number of amides is 12. The van der Waals surface area contributed by atoms with Gasteiger partial charge in [-0.15, -0.1) is 11.6 Å². The van der Waals surface area contributed by atoms with Crippen molar-refractivity contribution in [3.05, 3.63) is 0 Å². The minimum Gasteiger partial charge on any atom is -0.343 e. The van der Waals surface area contributed by atoms with E-state index in [1.807, 2.05) is 20.8 Å². The van der Waals surface area contributed by atoms with Crippen molar-refractivity contribution in [2.24, 2.45) is 35.5 Å². The Morgan fingerprint density at radius 1 is 0.600 bits per heavy atom. The molecule has 0 aromatic carbocycles. The van der Waals surface area contributed by atoms with E-state index in [9.17, 15) is 46.7 Å². The highest BCUT2D eigenvalue weighted by molar-refractivity contribution is 6.21. The van der Waals surface area contributed by atoms with Crippen molar-refractivity contribution in [3.8, 4) is 0 Å². The molecule has 4 saturated heterocycles. The van der Waals surface area contributed by atoms with Gasteiger partial charge in [0.2, 0.25) is 70.9 Å². The van der Waals surface area contributed by atoms with Crippen molar-refractivity contribution < 1.29 is 70.7 Å². The first-order chi connectivity index (χ1) is 47.0. The van der Waals surface area contributed by atoms with Crippen molar-refractivity contribution >= 4 is 82.5 Å². The molecule has 0 radical (unpaired) electrons. The molecule has 28 heteroatoms. The second kappa shape index (κ2) is 35.3. The molecule has 0 aromatic rings. The molecule has 4 heterocycles. The molecule has 564 valence electrons. The molecule has 13 atom stereocenters. The fraction of sp³-hybridized carbons (Fsp3) is 0.833. The normalized spacial score (nSPS) is 31.0. The molecular weight excluding hydrogens is 1320 g/mol. The second-order valence-corrected chi connectivity index (χ2v) is 31.6. The van der Waals surface area contributed by atoms with Crippen molar-refractivity contribution in [1.82, 2.24) is 60.0 Å². The smallest absolute Gasteiger partial charge is 0.343 e. The highest BCUT2D eigenvalue weighted by Crippen LogP contribution is 2.44. The quantitative estimate of drug-likeness (QED) is 0.198. The van der Waals surface area contributed by atoms with E-state index >= 15 is 24.0 Å². The Morgan fingerprint density at radius 2 is 1.23 bits per heavy atom. The molecule has 7 fully saturated rings. The molecule has 12 amide bonds. The van der Waals surface area contributed by atoms with Crippen LogP contribution in [0, 0.1) is 35.5 Å². The average molecular weight is 1430 g/mol. The Hall–Kier alpha value is -6.28. The summed E-state index contributed by atoms with van der Waals surface area (Å²) in [6, 6.07) is -10.8. The predicted octanol–water partition coefficient (Wildman–Crippen LogP) is 6.09. The fourth-order valence-corrected chi connectivity index (χ4v) is 17.0. The van der Waals surface area contributed by atoms with Crippen LogP contribution in [0.25, 0.3) is 0 Å². The zero-order valence-corrected chi connectivity index (χ0v) is 62.4. The van der Waals surface area contributed by atoms with E-state index < -0.39 is 173 Å². The molecule has 0 bridgehead atoms. The molecule has 100 heavy (non-hydrogen) atoms. The van der Waals surface area contributed by atoms with Gasteiger partial charge in [-0.3, -0.25) is 57.5 Å². The van der Waals surface area contributed by atoms with Crippen LogP contribution in [0.5, 0.6) is 0 Å². The number of piperidine rings is 1. The van der Waals surface area contributed by atoms with Crippen LogP contribution < -0.4 is 16.0 Å². The highest BCUT2D eigenvalue weighted by atomic mass is 35.5. The van der Waals surface area contributed by atoms with Gasteiger partial charge in [-0.25, -0.2) is 0 Å². The summed E-state index contributed by atoms with van der Waals surface area (Å²) in [4.78, 5) is 192. The van der Waals surface area contributed by atoms with Crippen molar-refractivity contribution in [1.29, 1.82) is 0 Å². The third kappa shape index (κ3) is 19.1. The van der Waals surface area contributed by atoms with Gasteiger partial charge < -0.3 is 60.0 Å². The first-order valence-electron chi connectivity index (χ1n) is 37.2. The number of hydrogen-bond donors (Lipinski definition) is 3. The summed E-state index contributed by atoms with van der Waals surface area (Å²) in [5.41, 5.74) is -1.56. The molecule has 7 rings (SSSR count). The van der Waals surface area contributed by atoms with Gasteiger partial charge in [0.25, 0.3) is 0 Å². The van der Waals surface area contributed by atoms with Gasteiger partial charge in [-0.05, 0) is 133 Å². The first kappa shape index (κ1) is 81.0. The standard InChI is InChI=1S/C72H116ClF3N12O12/c1-14-45(6)59-68(98)81(9)46(7)63(93)88-37-31-53(88)66(96)83(11)55(40-47-24-17-15-18-25-47)65(95)80(8)42-57(89)77-51(30-28-48-27-29-49(50(73)39-48)72(74,75)76)64(94)87-36-23-26-52(87)62(92)79-71(32-19-20-33-71)70(100)85(13)60(44(4)5)69(99)84(12)56(67(97)86-34-21-16-22-35-86)41-58(90)82(10)54(38-43(2)3)61(91)78-59/h43-56,59-60H,14-42H2,1-13H3,(H,77,89)(H,78,91)(H,79,92)/t45-,46-,48?,49?,50?,51-,52-,53-,54-,55-,56+,59-,60-/m0/s1. The fourth-order valence-electron chi connectivity index (χ4n) is 16.5. The zero-order valence-electron chi connectivity index (χ0n) is 61.7. The van der Waals surface area contributed by atoms with E-state index in [4.69, 9.17) is 11.6 Å². The van der Waals surface area contributed by atoms with Crippen LogP contribution in [-0.2, 0) is 57.5 Å². The summed E-state index contributed by atoms with van der Waals surface area (Å²) in [6.07, 6.45) is 4.58. The predicted molar refractivity (Wildman–Crippen MR) is 370 cm³/mol. The molecule has 1 spiro atoms. The molecule has 7 aliphatic rings. The van der Waals surface area contributed by atoms with E-state index in [1.54, 1.807) is 25.7 Å². The number of nitrogens with zero attached hydrogens (tertiary/aromatic N) is 9. The Balaban J connectivity index is 1.27. The summed E-state index contributed by atoms with van der Waals surface area (Å²) >= 11 is 6.41. The van der Waals surface area contributed by atoms with Gasteiger partial charge in [0.05, 0.1) is 18.9 Å². The Morgan fingerprint density at radius 3 is 1.81 bits per heavy atom. The lowest BCUT2D eigenvalue weighted by Crippen LogP contribution is -2.65. The molecule has 24 nitrogen and oxygen atoms in total. The number of rotatable bonds is 11. The number of likely N-dealkylation sites (N-methyl/N-ethyl adjacent to an activating group) is 6. The van der Waals surface area contributed by atoms with Gasteiger partial charge >= 0.3 is 6.18 Å². The maximum atomic E-state index is 15.5. The summed E-state index contributed by atoms with van der Waals surface area (Å²) in [7, 11) is 8.68. The molecule has 3 saturated carbocycles. The van der Waals surface area contributed by atoms with Crippen LogP contribution in [0.1, 0.15) is 203 Å². The lowest BCUT2D eigenvalue weighted by Gasteiger charge is -2.45. The van der Waals surface area contributed by atoms with Crippen LogP contribution in [0.3, 0.4) is 0 Å². The third-order valence-electron chi connectivity index (χ3n) is 23.3. The average Bonchev–Trinajstić information content (AvgIpc) is 1.14. The minimum atomic E-state index is -4.51. The van der Waals surface area contributed by atoms with Crippen molar-refractivity contribution in [2.45, 2.75) is 274 Å². The van der Waals surface area contributed by atoms with Crippen molar-refractivity contribution in [3.63, 3.8) is 0 Å². The number of halogens is 4. The second-order valence-electron chi connectivity index (χ2n) is 31.1. The van der Waals surface area contributed by atoms with E-state index in [0.29, 0.717) is 51.6 Å². The van der Waals surface area contributed by atoms with E-state index in [0.717, 1.165) is 38.5 Å². The molecule has 4 aliphatic heterocycles. The number of carbonyl (C=O) groups is 12. The van der Waals surface area contributed by atoms with Crippen molar-refractivity contribution in [2.75, 3.05) is 75.0 Å². The first-order valence-corrected chi connectivity index (χ1v) is 37.6. The largest absolute Gasteiger partial charge is 0.393 e. The van der Waals surface area contributed by atoms with Gasteiger partial charge in [0.15, 0.2) is 0 Å². The zero-order chi connectivity index (χ0) is 74.0.